The average molecular weight is 400 g/mol. The number of H-pyrrole nitrogens is 1. The normalized spacial score (nSPS) is 10.8. The number of phenolic OH excluding ortho intramolecular Hbond substituents is 1. The van der Waals surface area contributed by atoms with Crippen molar-refractivity contribution in [3.63, 3.8) is 0 Å². The zero-order chi connectivity index (χ0) is 21.1. The van der Waals surface area contributed by atoms with Crippen molar-refractivity contribution in [1.82, 2.24) is 10.2 Å². The third kappa shape index (κ3) is 4.01. The first kappa shape index (κ1) is 19.6. The van der Waals surface area contributed by atoms with Crippen molar-refractivity contribution in [1.29, 1.82) is 0 Å². The van der Waals surface area contributed by atoms with Crippen molar-refractivity contribution >= 4 is 0 Å². The maximum atomic E-state index is 10.7. The first-order valence-corrected chi connectivity index (χ1v) is 9.75. The summed E-state index contributed by atoms with van der Waals surface area (Å²) in [7, 11) is 1.64. The number of benzene rings is 3. The maximum Gasteiger partial charge on any atom is 0.128 e. The molecule has 30 heavy (non-hydrogen) atoms. The van der Waals surface area contributed by atoms with Crippen LogP contribution in [0.5, 0.6) is 17.2 Å². The second kappa shape index (κ2) is 8.33. The minimum atomic E-state index is 0.132. The number of aromatic nitrogens is 2. The fourth-order valence-corrected chi connectivity index (χ4v) is 3.41. The molecule has 0 unspecified atom stereocenters. The number of aromatic amines is 1. The largest absolute Gasteiger partial charge is 0.507 e. The fourth-order valence-electron chi connectivity index (χ4n) is 3.41. The summed E-state index contributed by atoms with van der Waals surface area (Å²) < 4.78 is 11.1. The predicted octanol–water partition coefficient (Wildman–Crippen LogP) is 5.65. The molecule has 0 aliphatic carbocycles. The maximum absolute atomic E-state index is 10.7. The summed E-state index contributed by atoms with van der Waals surface area (Å²) >= 11 is 0. The van der Waals surface area contributed by atoms with Gasteiger partial charge in [-0.15, -0.1) is 0 Å². The van der Waals surface area contributed by atoms with Crippen molar-refractivity contribution in [2.75, 3.05) is 7.11 Å². The van der Waals surface area contributed by atoms with E-state index in [0.29, 0.717) is 17.9 Å². The molecule has 0 bridgehead atoms. The highest BCUT2D eigenvalue weighted by molar-refractivity contribution is 5.83. The Morgan fingerprint density at radius 3 is 2.40 bits per heavy atom. The van der Waals surface area contributed by atoms with Crippen LogP contribution < -0.4 is 9.47 Å². The molecule has 5 nitrogen and oxygen atoms in total. The molecule has 0 saturated carbocycles. The number of rotatable bonds is 6. The third-order valence-electron chi connectivity index (χ3n) is 5.18. The molecule has 0 amide bonds. The lowest BCUT2D eigenvalue weighted by Gasteiger charge is -2.12. The third-order valence-corrected chi connectivity index (χ3v) is 5.18. The molecule has 0 saturated heterocycles. The van der Waals surface area contributed by atoms with Crippen LogP contribution in [0.4, 0.5) is 0 Å². The van der Waals surface area contributed by atoms with E-state index in [2.05, 4.69) is 42.2 Å². The van der Waals surface area contributed by atoms with Gasteiger partial charge >= 0.3 is 0 Å². The topological polar surface area (TPSA) is 67.4 Å². The van der Waals surface area contributed by atoms with Gasteiger partial charge in [0.2, 0.25) is 0 Å². The molecular formula is C25H24N2O3. The van der Waals surface area contributed by atoms with Gasteiger partial charge in [-0.05, 0) is 54.8 Å². The van der Waals surface area contributed by atoms with E-state index in [9.17, 15) is 5.11 Å². The summed E-state index contributed by atoms with van der Waals surface area (Å²) in [5.41, 5.74) is 6.81. The molecule has 3 aromatic carbocycles. The molecule has 0 aliphatic rings. The van der Waals surface area contributed by atoms with Crippen molar-refractivity contribution in [2.24, 2.45) is 0 Å². The number of aryl methyl sites for hydroxylation is 2. The minimum Gasteiger partial charge on any atom is -0.507 e. The molecular weight excluding hydrogens is 376 g/mol. The van der Waals surface area contributed by atoms with E-state index in [4.69, 9.17) is 9.47 Å². The van der Waals surface area contributed by atoms with Gasteiger partial charge < -0.3 is 14.6 Å². The molecule has 4 rings (SSSR count). The van der Waals surface area contributed by atoms with Crippen LogP contribution in [0.1, 0.15) is 16.7 Å². The SMILES string of the molecule is COc1ccc(-c2cn[nH]c2-c2ccc(OCc3cc(C)ccc3C)cc2O)cc1. The Labute approximate surface area is 175 Å². The Kier molecular flexibility index (Phi) is 5.44. The van der Waals surface area contributed by atoms with E-state index >= 15 is 0 Å². The summed E-state index contributed by atoms with van der Waals surface area (Å²) in [4.78, 5) is 0. The number of aromatic hydroxyl groups is 1. The first-order valence-electron chi connectivity index (χ1n) is 9.75. The molecule has 0 radical (unpaired) electrons. The Balaban J connectivity index is 1.57. The van der Waals surface area contributed by atoms with E-state index in [1.165, 1.54) is 11.1 Å². The second-order valence-electron chi connectivity index (χ2n) is 7.28. The quantitative estimate of drug-likeness (QED) is 0.439. The summed E-state index contributed by atoms with van der Waals surface area (Å²) in [6.45, 7) is 4.58. The van der Waals surface area contributed by atoms with Crippen molar-refractivity contribution in [3.05, 3.63) is 83.6 Å². The molecule has 5 heteroatoms. The van der Waals surface area contributed by atoms with E-state index in [1.807, 2.05) is 36.4 Å². The Hall–Kier alpha value is -3.73. The average Bonchev–Trinajstić information content (AvgIpc) is 3.24. The number of hydrogen-bond acceptors (Lipinski definition) is 4. The number of nitrogens with one attached hydrogen (secondary N) is 1. The zero-order valence-corrected chi connectivity index (χ0v) is 17.3. The lowest BCUT2D eigenvalue weighted by atomic mass is 10.0. The Morgan fingerprint density at radius 2 is 1.67 bits per heavy atom. The Morgan fingerprint density at radius 1 is 0.900 bits per heavy atom. The van der Waals surface area contributed by atoms with Crippen molar-refractivity contribution < 1.29 is 14.6 Å². The number of methoxy groups -OCH3 is 1. The van der Waals surface area contributed by atoms with Gasteiger partial charge in [0, 0.05) is 17.2 Å². The molecule has 4 aromatic rings. The fraction of sp³-hybridized carbons (Fsp3) is 0.160. The lowest BCUT2D eigenvalue weighted by Crippen LogP contribution is -1.98. The number of ether oxygens (including phenoxy) is 2. The molecule has 152 valence electrons. The number of phenols is 1. The van der Waals surface area contributed by atoms with E-state index in [-0.39, 0.29) is 5.75 Å². The predicted molar refractivity (Wildman–Crippen MR) is 118 cm³/mol. The van der Waals surface area contributed by atoms with E-state index in [0.717, 1.165) is 28.1 Å². The highest BCUT2D eigenvalue weighted by atomic mass is 16.5. The molecule has 1 aromatic heterocycles. The number of hydrogen-bond donors (Lipinski definition) is 2. The Bertz CT molecular complexity index is 1160. The molecule has 0 fully saturated rings. The molecule has 2 N–H and O–H groups in total. The monoisotopic (exact) mass is 400 g/mol. The van der Waals surface area contributed by atoms with E-state index < -0.39 is 0 Å². The van der Waals surface area contributed by atoms with Crippen LogP contribution >= 0.6 is 0 Å². The molecule has 1 heterocycles. The van der Waals surface area contributed by atoms with Crippen LogP contribution in [-0.4, -0.2) is 22.4 Å². The standard InChI is InChI=1S/C25H24N2O3/c1-16-4-5-17(2)19(12-16)15-30-21-10-11-22(24(28)13-21)25-23(14-26-27-25)18-6-8-20(29-3)9-7-18/h4-14,28H,15H2,1-3H3,(H,26,27). The number of nitrogens with zero attached hydrogens (tertiary/aromatic N) is 1. The zero-order valence-electron chi connectivity index (χ0n) is 17.3. The van der Waals surface area contributed by atoms with Crippen LogP contribution in [0.3, 0.4) is 0 Å². The highest BCUT2D eigenvalue weighted by Gasteiger charge is 2.14. The van der Waals surface area contributed by atoms with Gasteiger partial charge in [0.1, 0.15) is 23.9 Å². The van der Waals surface area contributed by atoms with Gasteiger partial charge in [0.05, 0.1) is 19.0 Å². The van der Waals surface area contributed by atoms with Crippen LogP contribution in [0.15, 0.2) is 66.9 Å². The van der Waals surface area contributed by atoms with Crippen LogP contribution in [0, 0.1) is 13.8 Å². The summed E-state index contributed by atoms with van der Waals surface area (Å²) in [6.07, 6.45) is 1.75. The van der Waals surface area contributed by atoms with Gasteiger partial charge in [0.15, 0.2) is 0 Å². The molecule has 0 aliphatic heterocycles. The van der Waals surface area contributed by atoms with Crippen molar-refractivity contribution in [2.45, 2.75) is 20.5 Å². The second-order valence-corrected chi connectivity index (χ2v) is 7.28. The van der Waals surface area contributed by atoms with Crippen LogP contribution in [-0.2, 0) is 6.61 Å². The summed E-state index contributed by atoms with van der Waals surface area (Å²) in [5, 5.41) is 17.8. The van der Waals surface area contributed by atoms with Crippen LogP contribution in [0.2, 0.25) is 0 Å². The van der Waals surface area contributed by atoms with E-state index in [1.54, 1.807) is 19.4 Å². The van der Waals surface area contributed by atoms with Gasteiger partial charge in [-0.1, -0.05) is 35.9 Å². The summed E-state index contributed by atoms with van der Waals surface area (Å²) in [5.74, 6) is 1.53. The van der Waals surface area contributed by atoms with Crippen LogP contribution in [0.25, 0.3) is 22.4 Å². The highest BCUT2D eigenvalue weighted by Crippen LogP contribution is 2.37. The molecule has 0 atom stereocenters. The van der Waals surface area contributed by atoms with Crippen molar-refractivity contribution in [3.8, 4) is 39.6 Å². The van der Waals surface area contributed by atoms with Gasteiger partial charge in [-0.25, -0.2) is 0 Å². The van der Waals surface area contributed by atoms with Gasteiger partial charge in [-0.3, -0.25) is 5.10 Å². The summed E-state index contributed by atoms with van der Waals surface area (Å²) in [6, 6.07) is 19.4. The van der Waals surface area contributed by atoms with Gasteiger partial charge in [-0.2, -0.15) is 5.10 Å². The van der Waals surface area contributed by atoms with Gasteiger partial charge in [0.25, 0.3) is 0 Å². The minimum absolute atomic E-state index is 0.132. The first-order chi connectivity index (χ1) is 14.5. The molecule has 0 spiro atoms. The smallest absolute Gasteiger partial charge is 0.128 e. The lowest BCUT2D eigenvalue weighted by molar-refractivity contribution is 0.303.